The Bertz CT molecular complexity index is 735. The third-order valence-electron chi connectivity index (χ3n) is 4.30. The van der Waals surface area contributed by atoms with Crippen molar-refractivity contribution in [2.24, 2.45) is 0 Å². The van der Waals surface area contributed by atoms with E-state index in [0.717, 1.165) is 23.8 Å². The lowest BCUT2D eigenvalue weighted by Gasteiger charge is -2.10. The Morgan fingerprint density at radius 2 is 1.43 bits per heavy atom. The summed E-state index contributed by atoms with van der Waals surface area (Å²) in [6, 6.07) is 10.8. The molecule has 0 aliphatic carbocycles. The molecule has 126 valence electrons. The first-order chi connectivity index (χ1) is 11.0. The standard InChI is InChI=1S/C19H26O3S/c1-2-3-4-5-6-7-8-11-16-14-15-19(23(20,21)22)18-13-10-9-12-17(16)18/h9-10,12-15H,2-8,11H2,1H3,(H,20,21,22). The highest BCUT2D eigenvalue weighted by molar-refractivity contribution is 7.86. The maximum atomic E-state index is 11.5. The van der Waals surface area contributed by atoms with Crippen molar-refractivity contribution < 1.29 is 13.0 Å². The highest BCUT2D eigenvalue weighted by atomic mass is 32.2. The zero-order valence-corrected chi connectivity index (χ0v) is 14.6. The van der Waals surface area contributed by atoms with Crippen LogP contribution < -0.4 is 0 Å². The van der Waals surface area contributed by atoms with Crippen molar-refractivity contribution in [3.8, 4) is 0 Å². The van der Waals surface area contributed by atoms with E-state index in [4.69, 9.17) is 0 Å². The van der Waals surface area contributed by atoms with Gasteiger partial charge >= 0.3 is 0 Å². The molecule has 3 nitrogen and oxygen atoms in total. The van der Waals surface area contributed by atoms with Crippen LogP contribution in [0.2, 0.25) is 0 Å². The van der Waals surface area contributed by atoms with Gasteiger partial charge in [0.05, 0.1) is 0 Å². The molecular formula is C19H26O3S. The second-order valence-electron chi connectivity index (χ2n) is 6.11. The maximum absolute atomic E-state index is 11.5. The summed E-state index contributed by atoms with van der Waals surface area (Å²) in [6.45, 7) is 2.22. The molecule has 1 N–H and O–H groups in total. The Hall–Kier alpha value is -1.39. The van der Waals surface area contributed by atoms with Gasteiger partial charge in [0, 0.05) is 5.39 Å². The van der Waals surface area contributed by atoms with Crippen LogP contribution in [-0.4, -0.2) is 13.0 Å². The number of rotatable bonds is 9. The van der Waals surface area contributed by atoms with E-state index < -0.39 is 10.1 Å². The van der Waals surface area contributed by atoms with Crippen molar-refractivity contribution >= 4 is 20.9 Å². The van der Waals surface area contributed by atoms with Gasteiger partial charge in [-0.25, -0.2) is 0 Å². The molecule has 0 bridgehead atoms. The van der Waals surface area contributed by atoms with Crippen molar-refractivity contribution in [1.82, 2.24) is 0 Å². The van der Waals surface area contributed by atoms with Gasteiger partial charge in [-0.05, 0) is 29.9 Å². The van der Waals surface area contributed by atoms with Crippen LogP contribution >= 0.6 is 0 Å². The quantitative estimate of drug-likeness (QED) is 0.495. The fourth-order valence-corrected chi connectivity index (χ4v) is 3.75. The van der Waals surface area contributed by atoms with Crippen LogP contribution in [0.3, 0.4) is 0 Å². The Morgan fingerprint density at radius 1 is 0.826 bits per heavy atom. The lowest BCUT2D eigenvalue weighted by molar-refractivity contribution is 0.484. The zero-order valence-electron chi connectivity index (χ0n) is 13.8. The topological polar surface area (TPSA) is 54.4 Å². The lowest BCUT2D eigenvalue weighted by Crippen LogP contribution is -2.00. The minimum absolute atomic E-state index is 0.00332. The van der Waals surface area contributed by atoms with Gasteiger partial charge in [0.15, 0.2) is 0 Å². The molecule has 0 aliphatic heterocycles. The molecule has 4 heteroatoms. The highest BCUT2D eigenvalue weighted by Gasteiger charge is 2.15. The van der Waals surface area contributed by atoms with Crippen molar-refractivity contribution in [1.29, 1.82) is 0 Å². The second-order valence-corrected chi connectivity index (χ2v) is 7.50. The summed E-state index contributed by atoms with van der Waals surface area (Å²) in [7, 11) is -4.18. The molecule has 0 spiro atoms. The summed E-state index contributed by atoms with van der Waals surface area (Å²) in [5.41, 5.74) is 1.15. The van der Waals surface area contributed by atoms with Crippen molar-refractivity contribution in [2.75, 3.05) is 0 Å². The molecule has 0 atom stereocenters. The van der Waals surface area contributed by atoms with Crippen LogP contribution in [0.4, 0.5) is 0 Å². The first-order valence-corrected chi connectivity index (χ1v) is 9.96. The van der Waals surface area contributed by atoms with E-state index in [1.807, 2.05) is 18.2 Å². The normalized spacial score (nSPS) is 11.9. The third-order valence-corrected chi connectivity index (χ3v) is 5.21. The molecular weight excluding hydrogens is 308 g/mol. The first-order valence-electron chi connectivity index (χ1n) is 8.52. The van der Waals surface area contributed by atoms with Crippen molar-refractivity contribution in [3.05, 3.63) is 42.0 Å². The highest BCUT2D eigenvalue weighted by Crippen LogP contribution is 2.27. The number of unbranched alkanes of at least 4 members (excludes halogenated alkanes) is 6. The Labute approximate surface area is 139 Å². The molecule has 0 fully saturated rings. The molecule has 0 saturated heterocycles. The largest absolute Gasteiger partial charge is 0.295 e. The molecule has 0 aliphatic rings. The van der Waals surface area contributed by atoms with Gasteiger partial charge in [-0.15, -0.1) is 0 Å². The smallest absolute Gasteiger partial charge is 0.282 e. The molecule has 0 aromatic heterocycles. The van der Waals surface area contributed by atoms with Gasteiger partial charge in [0.1, 0.15) is 4.90 Å². The Balaban J connectivity index is 2.05. The average molecular weight is 334 g/mol. The van der Waals surface area contributed by atoms with Crippen LogP contribution in [0, 0.1) is 0 Å². The maximum Gasteiger partial charge on any atom is 0.295 e. The van der Waals surface area contributed by atoms with Crippen molar-refractivity contribution in [3.63, 3.8) is 0 Å². The van der Waals surface area contributed by atoms with E-state index in [1.165, 1.54) is 44.6 Å². The van der Waals surface area contributed by atoms with Gasteiger partial charge < -0.3 is 0 Å². The minimum atomic E-state index is -4.18. The average Bonchev–Trinajstić information content (AvgIpc) is 2.53. The molecule has 0 unspecified atom stereocenters. The molecule has 0 heterocycles. The molecule has 23 heavy (non-hydrogen) atoms. The third kappa shape index (κ3) is 5.05. The number of hydrogen-bond donors (Lipinski definition) is 1. The van der Waals surface area contributed by atoms with E-state index in [9.17, 15) is 13.0 Å². The summed E-state index contributed by atoms with van der Waals surface area (Å²) in [6.07, 6.45) is 9.74. The second kappa shape index (κ2) is 8.46. The van der Waals surface area contributed by atoms with Crippen LogP contribution in [0.5, 0.6) is 0 Å². The van der Waals surface area contributed by atoms with E-state index in [-0.39, 0.29) is 4.90 Å². The van der Waals surface area contributed by atoms with Crippen LogP contribution in [0.1, 0.15) is 57.4 Å². The van der Waals surface area contributed by atoms with E-state index in [1.54, 1.807) is 12.1 Å². The fourth-order valence-electron chi connectivity index (χ4n) is 3.05. The fraction of sp³-hybridized carbons (Fsp3) is 0.474. The summed E-state index contributed by atoms with van der Waals surface area (Å²) in [5.74, 6) is 0. The Morgan fingerprint density at radius 3 is 2.09 bits per heavy atom. The summed E-state index contributed by atoms with van der Waals surface area (Å²) >= 11 is 0. The number of benzene rings is 2. The van der Waals surface area contributed by atoms with E-state index >= 15 is 0 Å². The SMILES string of the molecule is CCCCCCCCCc1ccc(S(=O)(=O)O)c2ccccc12. The Kier molecular flexibility index (Phi) is 6.60. The van der Waals surface area contributed by atoms with Crippen LogP contribution in [-0.2, 0) is 16.5 Å². The monoisotopic (exact) mass is 334 g/mol. The number of hydrogen-bond acceptors (Lipinski definition) is 2. The number of aryl methyl sites for hydroxylation is 1. The van der Waals surface area contributed by atoms with Gasteiger partial charge in [0.25, 0.3) is 10.1 Å². The molecule has 2 rings (SSSR count). The zero-order chi connectivity index (χ0) is 16.7. The van der Waals surface area contributed by atoms with Gasteiger partial charge in [-0.2, -0.15) is 8.42 Å². The molecule has 0 amide bonds. The van der Waals surface area contributed by atoms with Gasteiger partial charge in [0.2, 0.25) is 0 Å². The molecule has 0 saturated carbocycles. The van der Waals surface area contributed by atoms with Crippen LogP contribution in [0.25, 0.3) is 10.8 Å². The summed E-state index contributed by atoms with van der Waals surface area (Å²) in [5, 5.41) is 1.53. The molecule has 0 radical (unpaired) electrons. The minimum Gasteiger partial charge on any atom is -0.282 e. The van der Waals surface area contributed by atoms with E-state index in [0.29, 0.717) is 5.39 Å². The van der Waals surface area contributed by atoms with Gasteiger partial charge in [-0.3, -0.25) is 4.55 Å². The summed E-state index contributed by atoms with van der Waals surface area (Å²) < 4.78 is 32.4. The summed E-state index contributed by atoms with van der Waals surface area (Å²) in [4.78, 5) is -0.00332. The van der Waals surface area contributed by atoms with Crippen LogP contribution in [0.15, 0.2) is 41.3 Å². The van der Waals surface area contributed by atoms with Crippen molar-refractivity contribution in [2.45, 2.75) is 63.2 Å². The lowest BCUT2D eigenvalue weighted by atomic mass is 9.99. The predicted molar refractivity (Wildman–Crippen MR) is 95.5 cm³/mol. The number of fused-ring (bicyclic) bond motifs is 1. The first kappa shape index (κ1) is 18.0. The molecule has 2 aromatic rings. The van der Waals surface area contributed by atoms with E-state index in [2.05, 4.69) is 6.92 Å². The van der Waals surface area contributed by atoms with Gasteiger partial charge in [-0.1, -0.05) is 75.8 Å². The predicted octanol–water partition coefficient (Wildman–Crippen LogP) is 5.38. The molecule has 2 aromatic carbocycles.